The van der Waals surface area contributed by atoms with Gasteiger partial charge in [0.25, 0.3) is 0 Å². The molecule has 0 aliphatic rings. The number of nitriles is 1. The van der Waals surface area contributed by atoms with Gasteiger partial charge in [-0.1, -0.05) is 26.0 Å². The van der Waals surface area contributed by atoms with Crippen LogP contribution in [0.1, 0.15) is 20.3 Å². The molecule has 0 saturated heterocycles. The van der Waals surface area contributed by atoms with Gasteiger partial charge < -0.3 is 5.11 Å². The largest absolute Gasteiger partial charge is 0.477 e. The Bertz CT molecular complexity index is 282. The first-order valence-electron chi connectivity index (χ1n) is 3.90. The highest BCUT2D eigenvalue weighted by atomic mass is 16.4. The summed E-state index contributed by atoms with van der Waals surface area (Å²) >= 11 is 0. The first-order chi connectivity index (χ1) is 5.93. The molecular weight excluding hydrogens is 166 g/mol. The van der Waals surface area contributed by atoms with Crippen molar-refractivity contribution in [1.29, 1.82) is 5.26 Å². The molecule has 0 heterocycles. The first kappa shape index (κ1) is 11.4. The van der Waals surface area contributed by atoms with Crippen molar-refractivity contribution in [3.63, 3.8) is 0 Å². The van der Waals surface area contributed by atoms with Crippen LogP contribution < -0.4 is 0 Å². The minimum atomic E-state index is -1.18. The van der Waals surface area contributed by atoms with Crippen LogP contribution in [0.25, 0.3) is 0 Å². The Kier molecular flexibility index (Phi) is 3.93. The molecular formula is C10H13NO2. The van der Waals surface area contributed by atoms with Crippen LogP contribution >= 0.6 is 0 Å². The molecule has 0 spiro atoms. The summed E-state index contributed by atoms with van der Waals surface area (Å²) in [6.45, 7) is 7.28. The van der Waals surface area contributed by atoms with Crippen LogP contribution in [0.4, 0.5) is 0 Å². The third-order valence-electron chi connectivity index (χ3n) is 1.56. The molecule has 0 saturated carbocycles. The summed E-state index contributed by atoms with van der Waals surface area (Å²) in [4.78, 5) is 10.5. The smallest absolute Gasteiger partial charge is 0.346 e. The average molecular weight is 179 g/mol. The normalized spacial score (nSPS) is 11.9. The molecule has 0 aromatic heterocycles. The molecule has 0 aromatic carbocycles. The highest BCUT2D eigenvalue weighted by Crippen LogP contribution is 2.24. The molecule has 0 aliphatic heterocycles. The third kappa shape index (κ3) is 4.12. The van der Waals surface area contributed by atoms with Crippen molar-refractivity contribution in [3.8, 4) is 6.07 Å². The van der Waals surface area contributed by atoms with Crippen molar-refractivity contribution < 1.29 is 9.90 Å². The Labute approximate surface area is 78.0 Å². The van der Waals surface area contributed by atoms with E-state index in [1.54, 1.807) is 12.1 Å². The van der Waals surface area contributed by atoms with Crippen LogP contribution in [0.3, 0.4) is 0 Å². The standard InChI is InChI=1S/C10H13NO2/c1-4-5-10(2,3)6-8(7-11)9(12)13/h4,6H,1,5H2,2-3H3,(H,12,13)/b8-6+. The van der Waals surface area contributed by atoms with Crippen molar-refractivity contribution in [1.82, 2.24) is 0 Å². The third-order valence-corrected chi connectivity index (χ3v) is 1.56. The summed E-state index contributed by atoms with van der Waals surface area (Å²) in [7, 11) is 0. The molecule has 3 nitrogen and oxygen atoms in total. The highest BCUT2D eigenvalue weighted by Gasteiger charge is 2.16. The van der Waals surface area contributed by atoms with Crippen LogP contribution in [0.2, 0.25) is 0 Å². The van der Waals surface area contributed by atoms with E-state index in [-0.39, 0.29) is 11.0 Å². The number of nitrogens with zero attached hydrogens (tertiary/aromatic N) is 1. The minimum Gasteiger partial charge on any atom is -0.477 e. The van der Waals surface area contributed by atoms with Crippen LogP contribution in [0, 0.1) is 16.7 Å². The van der Waals surface area contributed by atoms with Crippen molar-refractivity contribution >= 4 is 5.97 Å². The molecule has 0 aliphatic carbocycles. The van der Waals surface area contributed by atoms with Gasteiger partial charge in [0, 0.05) is 0 Å². The summed E-state index contributed by atoms with van der Waals surface area (Å²) in [5.41, 5.74) is -0.544. The van der Waals surface area contributed by atoms with Crippen LogP contribution in [0.15, 0.2) is 24.3 Å². The van der Waals surface area contributed by atoms with Crippen molar-refractivity contribution in [2.24, 2.45) is 5.41 Å². The summed E-state index contributed by atoms with van der Waals surface area (Å²) in [6.07, 6.45) is 3.80. The topological polar surface area (TPSA) is 61.1 Å². The predicted octanol–water partition coefficient (Wildman–Crippen LogP) is 2.12. The second-order valence-corrected chi connectivity index (χ2v) is 3.46. The zero-order chi connectivity index (χ0) is 10.5. The zero-order valence-electron chi connectivity index (χ0n) is 7.87. The van der Waals surface area contributed by atoms with Crippen LogP contribution in [0.5, 0.6) is 0 Å². The van der Waals surface area contributed by atoms with Gasteiger partial charge in [0.05, 0.1) is 0 Å². The van der Waals surface area contributed by atoms with Crippen molar-refractivity contribution in [2.45, 2.75) is 20.3 Å². The molecule has 0 aromatic rings. The van der Waals surface area contributed by atoms with Crippen molar-refractivity contribution in [2.75, 3.05) is 0 Å². The Hall–Kier alpha value is -1.56. The number of carboxylic acid groups (broad SMARTS) is 1. The highest BCUT2D eigenvalue weighted by molar-refractivity contribution is 5.91. The number of hydrogen-bond donors (Lipinski definition) is 1. The summed E-state index contributed by atoms with van der Waals surface area (Å²) in [5.74, 6) is -1.18. The van der Waals surface area contributed by atoms with E-state index in [1.807, 2.05) is 13.8 Å². The molecule has 0 rings (SSSR count). The van der Waals surface area contributed by atoms with Gasteiger partial charge in [-0.05, 0) is 11.8 Å². The molecule has 70 valence electrons. The fourth-order valence-electron chi connectivity index (χ4n) is 0.964. The Balaban J connectivity index is 4.79. The second kappa shape index (κ2) is 4.46. The van der Waals surface area contributed by atoms with E-state index in [0.717, 1.165) is 0 Å². The maximum absolute atomic E-state index is 10.5. The lowest BCUT2D eigenvalue weighted by atomic mass is 9.87. The van der Waals surface area contributed by atoms with Gasteiger partial charge in [-0.15, -0.1) is 6.58 Å². The van der Waals surface area contributed by atoms with Crippen LogP contribution in [-0.2, 0) is 4.79 Å². The minimum absolute atomic E-state index is 0.216. The lowest BCUT2D eigenvalue weighted by Crippen LogP contribution is -2.10. The SMILES string of the molecule is C=CCC(C)(C)/C=C(\C#N)C(=O)O. The van der Waals surface area contributed by atoms with E-state index >= 15 is 0 Å². The maximum Gasteiger partial charge on any atom is 0.346 e. The molecule has 0 amide bonds. The van der Waals surface area contributed by atoms with E-state index < -0.39 is 5.97 Å². The number of allylic oxidation sites excluding steroid dienone is 2. The Morgan fingerprint density at radius 2 is 2.23 bits per heavy atom. The number of carboxylic acids is 1. The first-order valence-corrected chi connectivity index (χ1v) is 3.90. The van der Waals surface area contributed by atoms with Gasteiger partial charge in [-0.25, -0.2) is 4.79 Å². The number of carbonyl (C=O) groups is 1. The molecule has 3 heteroatoms. The van der Waals surface area contributed by atoms with Gasteiger partial charge in [0.15, 0.2) is 0 Å². The number of rotatable bonds is 4. The summed E-state index contributed by atoms with van der Waals surface area (Å²) in [6, 6.07) is 1.64. The Morgan fingerprint density at radius 1 is 1.69 bits per heavy atom. The lowest BCUT2D eigenvalue weighted by Gasteiger charge is -2.17. The van der Waals surface area contributed by atoms with E-state index in [2.05, 4.69) is 6.58 Å². The number of aliphatic carboxylic acids is 1. The maximum atomic E-state index is 10.5. The van der Waals surface area contributed by atoms with Crippen molar-refractivity contribution in [3.05, 3.63) is 24.3 Å². The predicted molar refractivity (Wildman–Crippen MR) is 49.9 cm³/mol. The monoisotopic (exact) mass is 179 g/mol. The van der Waals surface area contributed by atoms with Gasteiger partial charge in [-0.3, -0.25) is 0 Å². The van der Waals surface area contributed by atoms with E-state index in [9.17, 15) is 4.79 Å². The van der Waals surface area contributed by atoms with Gasteiger partial charge in [0.2, 0.25) is 0 Å². The fourth-order valence-corrected chi connectivity index (χ4v) is 0.964. The number of hydrogen-bond acceptors (Lipinski definition) is 2. The molecule has 0 bridgehead atoms. The fraction of sp³-hybridized carbons (Fsp3) is 0.400. The Morgan fingerprint density at radius 3 is 2.54 bits per heavy atom. The zero-order valence-corrected chi connectivity index (χ0v) is 7.87. The van der Waals surface area contributed by atoms with Gasteiger partial charge in [-0.2, -0.15) is 5.26 Å². The lowest BCUT2D eigenvalue weighted by molar-refractivity contribution is -0.132. The molecule has 0 radical (unpaired) electrons. The van der Waals surface area contributed by atoms with E-state index in [1.165, 1.54) is 6.08 Å². The molecule has 0 unspecified atom stereocenters. The van der Waals surface area contributed by atoms with E-state index in [0.29, 0.717) is 6.42 Å². The summed E-state index contributed by atoms with van der Waals surface area (Å²) < 4.78 is 0. The van der Waals surface area contributed by atoms with Crippen LogP contribution in [-0.4, -0.2) is 11.1 Å². The molecule has 0 fully saturated rings. The second-order valence-electron chi connectivity index (χ2n) is 3.46. The molecule has 1 N–H and O–H groups in total. The summed E-state index contributed by atoms with van der Waals surface area (Å²) in [5, 5.41) is 17.1. The average Bonchev–Trinajstić information content (AvgIpc) is 1.99. The van der Waals surface area contributed by atoms with Gasteiger partial charge >= 0.3 is 5.97 Å². The molecule has 0 atom stereocenters. The van der Waals surface area contributed by atoms with Gasteiger partial charge in [0.1, 0.15) is 11.6 Å². The quantitative estimate of drug-likeness (QED) is 0.408. The molecule has 13 heavy (non-hydrogen) atoms. The van der Waals surface area contributed by atoms with E-state index in [4.69, 9.17) is 10.4 Å².